The van der Waals surface area contributed by atoms with Crippen molar-refractivity contribution in [1.82, 2.24) is 9.55 Å². The molecule has 1 aromatic rings. The van der Waals surface area contributed by atoms with Gasteiger partial charge < -0.3 is 4.57 Å². The topological polar surface area (TPSA) is 17.8 Å². The van der Waals surface area contributed by atoms with Gasteiger partial charge in [-0.3, -0.25) is 0 Å². The number of hydrogen-bond donors (Lipinski definition) is 0. The normalized spacial score (nSPS) is 22.5. The maximum Gasteiger partial charge on any atom is 0.113 e. The molecular weight excluding hydrogens is 248 g/mol. The molecule has 2 heterocycles. The number of halogens is 1. The zero-order valence-corrected chi connectivity index (χ0v) is 10.1. The molecule has 4 heteroatoms. The molecule has 1 fully saturated rings. The number of imidazole rings is 1. The molecule has 1 saturated heterocycles. The zero-order chi connectivity index (χ0) is 9.26. The Morgan fingerprint density at radius 2 is 2.62 bits per heavy atom. The van der Waals surface area contributed by atoms with E-state index in [1.165, 1.54) is 23.8 Å². The molecule has 0 saturated carbocycles. The second-order valence-corrected chi connectivity index (χ2v) is 5.21. The van der Waals surface area contributed by atoms with Crippen LogP contribution in [0.3, 0.4) is 0 Å². The Morgan fingerprint density at radius 1 is 1.77 bits per heavy atom. The van der Waals surface area contributed by atoms with Crippen molar-refractivity contribution in [2.75, 3.05) is 11.5 Å². The molecule has 0 aromatic carbocycles. The van der Waals surface area contributed by atoms with Crippen LogP contribution in [-0.4, -0.2) is 21.1 Å². The summed E-state index contributed by atoms with van der Waals surface area (Å²) in [6.07, 6.45) is 3.20. The van der Waals surface area contributed by atoms with Gasteiger partial charge in [-0.05, 0) is 35.0 Å². The molecular formula is C9H13BrN2S. The van der Waals surface area contributed by atoms with Crippen LogP contribution in [0.25, 0.3) is 0 Å². The van der Waals surface area contributed by atoms with Crippen LogP contribution >= 0.6 is 27.7 Å². The molecule has 1 aliphatic rings. The molecule has 1 aliphatic heterocycles. The van der Waals surface area contributed by atoms with Crippen LogP contribution in [0.4, 0.5) is 0 Å². The molecule has 1 atom stereocenters. The van der Waals surface area contributed by atoms with E-state index < -0.39 is 0 Å². The molecule has 0 N–H and O–H groups in total. The summed E-state index contributed by atoms with van der Waals surface area (Å²) in [6, 6.07) is 0. The Bertz CT molecular complexity index is 292. The minimum absolute atomic E-state index is 0.677. The fraction of sp³-hybridized carbons (Fsp3) is 0.667. The summed E-state index contributed by atoms with van der Waals surface area (Å²) in [4.78, 5) is 4.47. The van der Waals surface area contributed by atoms with Gasteiger partial charge in [-0.25, -0.2) is 4.98 Å². The predicted octanol–water partition coefficient (Wildman–Crippen LogP) is 2.89. The Hall–Kier alpha value is 0.0400. The molecule has 0 spiro atoms. The smallest absolute Gasteiger partial charge is 0.113 e. The van der Waals surface area contributed by atoms with E-state index in [1.807, 2.05) is 18.0 Å². The van der Waals surface area contributed by atoms with Gasteiger partial charge in [0.25, 0.3) is 0 Å². The summed E-state index contributed by atoms with van der Waals surface area (Å²) >= 11 is 5.55. The van der Waals surface area contributed by atoms with E-state index >= 15 is 0 Å². The van der Waals surface area contributed by atoms with Crippen molar-refractivity contribution in [2.45, 2.75) is 25.8 Å². The molecule has 1 unspecified atom stereocenters. The molecule has 0 aliphatic carbocycles. The number of aromatic nitrogens is 2. The first-order chi connectivity index (χ1) is 6.33. The molecule has 1 aromatic heterocycles. The monoisotopic (exact) mass is 260 g/mol. The lowest BCUT2D eigenvalue weighted by Crippen LogP contribution is -2.07. The van der Waals surface area contributed by atoms with Gasteiger partial charge in [0, 0.05) is 18.2 Å². The lowest BCUT2D eigenvalue weighted by molar-refractivity contribution is 0.621. The number of rotatable bonds is 2. The van der Waals surface area contributed by atoms with Gasteiger partial charge in [-0.15, -0.1) is 0 Å². The minimum atomic E-state index is 0.677. The highest BCUT2D eigenvalue weighted by Gasteiger charge is 2.22. The standard InChI is InChI=1S/C9H13BrN2S/c1-2-12-8(10)5-11-9(12)7-3-4-13-6-7/h5,7H,2-4,6H2,1H3. The molecule has 2 nitrogen and oxygen atoms in total. The van der Waals surface area contributed by atoms with Crippen LogP contribution in [-0.2, 0) is 6.54 Å². The van der Waals surface area contributed by atoms with E-state index in [1.54, 1.807) is 0 Å². The molecule has 72 valence electrons. The van der Waals surface area contributed by atoms with Gasteiger partial charge in [0.05, 0.1) is 6.20 Å². The Balaban J connectivity index is 2.27. The highest BCUT2D eigenvalue weighted by molar-refractivity contribution is 9.10. The summed E-state index contributed by atoms with van der Waals surface area (Å²) < 4.78 is 3.37. The van der Waals surface area contributed by atoms with Gasteiger partial charge in [0.2, 0.25) is 0 Å². The van der Waals surface area contributed by atoms with Crippen LogP contribution in [0.5, 0.6) is 0 Å². The van der Waals surface area contributed by atoms with Gasteiger partial charge in [-0.2, -0.15) is 11.8 Å². The fourth-order valence-corrected chi connectivity index (χ4v) is 3.50. The molecule has 0 amide bonds. The van der Waals surface area contributed by atoms with Crippen LogP contribution in [0.1, 0.15) is 25.1 Å². The second-order valence-electron chi connectivity index (χ2n) is 3.24. The van der Waals surface area contributed by atoms with E-state index in [4.69, 9.17) is 0 Å². The SMILES string of the molecule is CCn1c(Br)cnc1C1CCSC1. The van der Waals surface area contributed by atoms with Gasteiger partial charge >= 0.3 is 0 Å². The van der Waals surface area contributed by atoms with Gasteiger partial charge in [0.1, 0.15) is 10.4 Å². The maximum absolute atomic E-state index is 4.47. The van der Waals surface area contributed by atoms with Crippen molar-refractivity contribution in [3.05, 3.63) is 16.6 Å². The van der Waals surface area contributed by atoms with Crippen molar-refractivity contribution >= 4 is 27.7 Å². The fourth-order valence-electron chi connectivity index (χ4n) is 1.75. The van der Waals surface area contributed by atoms with Crippen LogP contribution < -0.4 is 0 Å². The van der Waals surface area contributed by atoms with E-state index in [-0.39, 0.29) is 0 Å². The highest BCUT2D eigenvalue weighted by Crippen LogP contribution is 2.32. The summed E-state index contributed by atoms with van der Waals surface area (Å²) in [7, 11) is 0. The largest absolute Gasteiger partial charge is 0.323 e. The lowest BCUT2D eigenvalue weighted by atomic mass is 10.1. The Morgan fingerprint density at radius 3 is 3.23 bits per heavy atom. The zero-order valence-electron chi connectivity index (χ0n) is 7.66. The summed E-state index contributed by atoms with van der Waals surface area (Å²) in [5, 5.41) is 0. The van der Waals surface area contributed by atoms with Crippen molar-refractivity contribution in [3.8, 4) is 0 Å². The second kappa shape index (κ2) is 4.05. The number of thioether (sulfide) groups is 1. The first kappa shape index (κ1) is 9.59. The highest BCUT2D eigenvalue weighted by atomic mass is 79.9. The molecule has 13 heavy (non-hydrogen) atoms. The van der Waals surface area contributed by atoms with Gasteiger partial charge in [-0.1, -0.05) is 0 Å². The maximum atomic E-state index is 4.47. The summed E-state index contributed by atoms with van der Waals surface area (Å²) in [6.45, 7) is 3.18. The first-order valence-corrected chi connectivity index (χ1v) is 6.56. The molecule has 0 radical (unpaired) electrons. The van der Waals surface area contributed by atoms with Gasteiger partial charge in [0.15, 0.2) is 0 Å². The third kappa shape index (κ3) is 1.79. The van der Waals surface area contributed by atoms with E-state index in [0.29, 0.717) is 5.92 Å². The third-order valence-electron chi connectivity index (χ3n) is 2.45. The Kier molecular flexibility index (Phi) is 2.99. The van der Waals surface area contributed by atoms with E-state index in [2.05, 4.69) is 32.4 Å². The van der Waals surface area contributed by atoms with E-state index in [0.717, 1.165) is 11.1 Å². The quantitative estimate of drug-likeness (QED) is 0.814. The van der Waals surface area contributed by atoms with E-state index in [9.17, 15) is 0 Å². The van der Waals surface area contributed by atoms with Crippen LogP contribution in [0, 0.1) is 0 Å². The minimum Gasteiger partial charge on any atom is -0.323 e. The van der Waals surface area contributed by atoms with Crippen LogP contribution in [0.2, 0.25) is 0 Å². The van der Waals surface area contributed by atoms with Crippen LogP contribution in [0.15, 0.2) is 10.8 Å². The number of hydrogen-bond acceptors (Lipinski definition) is 2. The average Bonchev–Trinajstić information content (AvgIpc) is 2.71. The number of nitrogens with zero attached hydrogens (tertiary/aromatic N) is 2. The van der Waals surface area contributed by atoms with Crippen molar-refractivity contribution in [1.29, 1.82) is 0 Å². The predicted molar refractivity (Wildman–Crippen MR) is 60.3 cm³/mol. The van der Waals surface area contributed by atoms with Crippen molar-refractivity contribution in [3.63, 3.8) is 0 Å². The van der Waals surface area contributed by atoms with Crippen molar-refractivity contribution < 1.29 is 0 Å². The summed E-state index contributed by atoms with van der Waals surface area (Å²) in [5.41, 5.74) is 0. The first-order valence-electron chi connectivity index (χ1n) is 4.61. The molecule has 0 bridgehead atoms. The third-order valence-corrected chi connectivity index (χ3v) is 4.24. The Labute approximate surface area is 91.2 Å². The molecule has 2 rings (SSSR count). The lowest BCUT2D eigenvalue weighted by Gasteiger charge is -2.10. The summed E-state index contributed by atoms with van der Waals surface area (Å²) in [5.74, 6) is 4.47. The van der Waals surface area contributed by atoms with Crippen molar-refractivity contribution in [2.24, 2.45) is 0 Å². The average molecular weight is 261 g/mol.